The van der Waals surface area contributed by atoms with Crippen LogP contribution in [0.3, 0.4) is 0 Å². The molecule has 0 amide bonds. The fourth-order valence-electron chi connectivity index (χ4n) is 1.56. The predicted molar refractivity (Wildman–Crippen MR) is 57.5 cm³/mol. The average molecular weight is 203 g/mol. The number of esters is 1. The Bertz CT molecular complexity index is 377. The molecule has 0 spiro atoms. The van der Waals surface area contributed by atoms with Gasteiger partial charge in [0.25, 0.3) is 0 Å². The summed E-state index contributed by atoms with van der Waals surface area (Å²) in [5.74, 6) is -0.448. The summed E-state index contributed by atoms with van der Waals surface area (Å²) in [6.07, 6.45) is 13.4. The minimum Gasteiger partial charge on any atom is -0.465 e. The van der Waals surface area contributed by atoms with Gasteiger partial charge in [-0.3, -0.25) is 4.79 Å². The Labute approximate surface area is 89.0 Å². The van der Waals surface area contributed by atoms with Crippen molar-refractivity contribution in [2.24, 2.45) is 5.92 Å². The van der Waals surface area contributed by atoms with Crippen LogP contribution >= 0.6 is 0 Å². The molecule has 2 rings (SSSR count). The second-order valence-electron chi connectivity index (χ2n) is 3.32. The summed E-state index contributed by atoms with van der Waals surface area (Å²) < 4.78 is 4.97. The Morgan fingerprint density at radius 3 is 3.13 bits per heavy atom. The maximum absolute atomic E-state index is 11.5. The van der Waals surface area contributed by atoms with Gasteiger partial charge in [-0.1, -0.05) is 6.08 Å². The van der Waals surface area contributed by atoms with E-state index in [1.165, 1.54) is 0 Å². The van der Waals surface area contributed by atoms with Crippen LogP contribution in [0, 0.1) is 5.92 Å². The van der Waals surface area contributed by atoms with E-state index in [0.29, 0.717) is 6.61 Å². The molecule has 1 unspecified atom stereocenters. The minimum absolute atomic E-state index is 0.191. The van der Waals surface area contributed by atoms with Gasteiger partial charge in [0.2, 0.25) is 0 Å². The van der Waals surface area contributed by atoms with Gasteiger partial charge in [0.1, 0.15) is 0 Å². The van der Waals surface area contributed by atoms with E-state index in [1.807, 2.05) is 54.6 Å². The molecule has 0 aromatic heterocycles. The first-order valence-electron chi connectivity index (χ1n) is 5.01. The summed E-state index contributed by atoms with van der Waals surface area (Å²) in [6.45, 7) is 2.24. The number of nitrogens with zero attached hydrogens (tertiary/aromatic N) is 1. The van der Waals surface area contributed by atoms with Gasteiger partial charge in [-0.15, -0.1) is 0 Å². The quantitative estimate of drug-likeness (QED) is 0.642. The molecule has 78 valence electrons. The van der Waals surface area contributed by atoms with E-state index >= 15 is 0 Å². The molecule has 2 aliphatic rings. The Hall–Kier alpha value is -1.77. The molecule has 3 heteroatoms. The van der Waals surface area contributed by atoms with Gasteiger partial charge >= 0.3 is 5.97 Å². The first kappa shape index (κ1) is 9.77. The Kier molecular flexibility index (Phi) is 2.72. The third-order valence-corrected chi connectivity index (χ3v) is 2.29. The van der Waals surface area contributed by atoms with E-state index in [1.54, 1.807) is 0 Å². The molecule has 15 heavy (non-hydrogen) atoms. The van der Waals surface area contributed by atoms with Gasteiger partial charge in [0.05, 0.1) is 12.5 Å². The molecule has 0 bridgehead atoms. The lowest BCUT2D eigenvalue weighted by Gasteiger charge is -2.24. The summed E-state index contributed by atoms with van der Waals surface area (Å²) >= 11 is 0. The monoisotopic (exact) mass is 203 g/mol. The number of hydrogen-bond donors (Lipinski definition) is 0. The standard InChI is InChI=1S/C12H13NO2/c1-2-15-12(14)10-6-8-13-7-4-3-5-11(13)9-10/h3-10H,2H2,1H3. The van der Waals surface area contributed by atoms with Crippen LogP contribution in [0.1, 0.15) is 6.92 Å². The molecule has 0 aliphatic carbocycles. The van der Waals surface area contributed by atoms with E-state index in [2.05, 4.69) is 0 Å². The van der Waals surface area contributed by atoms with Crippen molar-refractivity contribution in [2.45, 2.75) is 6.92 Å². The normalized spacial score (nSPS) is 22.3. The lowest BCUT2D eigenvalue weighted by atomic mass is 10.0. The Morgan fingerprint density at radius 1 is 1.47 bits per heavy atom. The number of carbonyl (C=O) groups is 1. The molecule has 3 nitrogen and oxygen atoms in total. The Morgan fingerprint density at radius 2 is 2.33 bits per heavy atom. The molecule has 0 aromatic carbocycles. The van der Waals surface area contributed by atoms with Crippen molar-refractivity contribution < 1.29 is 9.53 Å². The van der Waals surface area contributed by atoms with E-state index < -0.39 is 0 Å². The van der Waals surface area contributed by atoms with Gasteiger partial charge in [-0.2, -0.15) is 0 Å². The van der Waals surface area contributed by atoms with E-state index in [-0.39, 0.29) is 11.9 Å². The third-order valence-electron chi connectivity index (χ3n) is 2.29. The number of fused-ring (bicyclic) bond motifs is 1. The van der Waals surface area contributed by atoms with Gasteiger partial charge in [0.15, 0.2) is 0 Å². The fourth-order valence-corrected chi connectivity index (χ4v) is 1.56. The van der Waals surface area contributed by atoms with Crippen LogP contribution in [0.15, 0.2) is 48.5 Å². The zero-order chi connectivity index (χ0) is 10.7. The molecule has 0 aromatic rings. The highest BCUT2D eigenvalue weighted by molar-refractivity contribution is 5.77. The number of carbonyl (C=O) groups excluding carboxylic acids is 1. The van der Waals surface area contributed by atoms with E-state index in [4.69, 9.17) is 4.74 Å². The maximum Gasteiger partial charge on any atom is 0.316 e. The molecule has 0 radical (unpaired) electrons. The van der Waals surface area contributed by atoms with Gasteiger partial charge in [-0.25, -0.2) is 0 Å². The highest BCUT2D eigenvalue weighted by atomic mass is 16.5. The summed E-state index contributed by atoms with van der Waals surface area (Å²) in [6, 6.07) is 0. The number of allylic oxidation sites excluding steroid dienone is 3. The highest BCUT2D eigenvalue weighted by Crippen LogP contribution is 2.22. The SMILES string of the molecule is CCOC(=O)C1C=CN2C=CC=CC2=C1. The van der Waals surface area contributed by atoms with Crippen molar-refractivity contribution in [1.29, 1.82) is 0 Å². The topological polar surface area (TPSA) is 29.5 Å². The second-order valence-corrected chi connectivity index (χ2v) is 3.32. The van der Waals surface area contributed by atoms with Crippen molar-refractivity contribution in [3.63, 3.8) is 0 Å². The van der Waals surface area contributed by atoms with Crippen LogP contribution in [0.2, 0.25) is 0 Å². The van der Waals surface area contributed by atoms with Gasteiger partial charge in [0, 0.05) is 18.1 Å². The number of hydrogen-bond acceptors (Lipinski definition) is 3. The molecule has 0 saturated heterocycles. The van der Waals surface area contributed by atoms with E-state index in [0.717, 1.165) is 5.70 Å². The molecule has 2 aliphatic heterocycles. The zero-order valence-electron chi connectivity index (χ0n) is 8.59. The number of ether oxygens (including phenoxy) is 1. The van der Waals surface area contributed by atoms with Crippen molar-refractivity contribution in [2.75, 3.05) is 6.61 Å². The lowest BCUT2D eigenvalue weighted by molar-refractivity contribution is -0.144. The van der Waals surface area contributed by atoms with E-state index in [9.17, 15) is 4.79 Å². The summed E-state index contributed by atoms with van der Waals surface area (Å²) in [4.78, 5) is 13.5. The smallest absolute Gasteiger partial charge is 0.316 e. The first-order chi connectivity index (χ1) is 7.31. The van der Waals surface area contributed by atoms with Gasteiger partial charge in [-0.05, 0) is 31.2 Å². The molecular weight excluding hydrogens is 190 g/mol. The highest BCUT2D eigenvalue weighted by Gasteiger charge is 2.19. The summed E-state index contributed by atoms with van der Waals surface area (Å²) in [5, 5.41) is 0. The zero-order valence-corrected chi connectivity index (χ0v) is 8.59. The first-order valence-corrected chi connectivity index (χ1v) is 5.01. The van der Waals surface area contributed by atoms with Crippen LogP contribution < -0.4 is 0 Å². The van der Waals surface area contributed by atoms with Crippen LogP contribution in [0.4, 0.5) is 0 Å². The molecule has 0 N–H and O–H groups in total. The van der Waals surface area contributed by atoms with Crippen LogP contribution in [-0.2, 0) is 9.53 Å². The van der Waals surface area contributed by atoms with Crippen LogP contribution in [0.25, 0.3) is 0 Å². The molecule has 0 saturated carbocycles. The number of rotatable bonds is 2. The molecule has 0 fully saturated rings. The third kappa shape index (κ3) is 2.01. The fraction of sp³-hybridized carbons (Fsp3) is 0.250. The van der Waals surface area contributed by atoms with Crippen molar-refractivity contribution in [3.8, 4) is 0 Å². The molecule has 1 atom stereocenters. The van der Waals surface area contributed by atoms with Gasteiger partial charge < -0.3 is 9.64 Å². The molecule has 2 heterocycles. The molecular formula is C12H13NO2. The average Bonchev–Trinajstić information content (AvgIpc) is 2.29. The van der Waals surface area contributed by atoms with Crippen molar-refractivity contribution >= 4 is 5.97 Å². The van der Waals surface area contributed by atoms with Crippen molar-refractivity contribution in [1.82, 2.24) is 4.90 Å². The largest absolute Gasteiger partial charge is 0.465 e. The van der Waals surface area contributed by atoms with Crippen LogP contribution in [-0.4, -0.2) is 17.5 Å². The summed E-state index contributed by atoms with van der Waals surface area (Å²) in [5.41, 5.74) is 1.01. The second kappa shape index (κ2) is 4.17. The lowest BCUT2D eigenvalue weighted by Crippen LogP contribution is -2.21. The predicted octanol–water partition coefficient (Wildman–Crippen LogP) is 1.96. The van der Waals surface area contributed by atoms with Crippen molar-refractivity contribution in [3.05, 3.63) is 48.5 Å². The Balaban J connectivity index is 2.13. The summed E-state index contributed by atoms with van der Waals surface area (Å²) in [7, 11) is 0. The minimum atomic E-state index is -0.257. The maximum atomic E-state index is 11.5. The van der Waals surface area contributed by atoms with Crippen LogP contribution in [0.5, 0.6) is 0 Å².